The zero-order valence-electron chi connectivity index (χ0n) is 16.7. The molecule has 0 fully saturated rings. The SMILES string of the molecule is CCN(c1cccc(C)c1)c1nc(C)cc(Nc2ccc(NC(C)=O)cc2)n1. The number of hydrogen-bond acceptors (Lipinski definition) is 5. The van der Waals surface area contributed by atoms with E-state index in [-0.39, 0.29) is 5.91 Å². The van der Waals surface area contributed by atoms with E-state index in [2.05, 4.69) is 52.6 Å². The number of amides is 1. The first-order chi connectivity index (χ1) is 13.4. The van der Waals surface area contributed by atoms with Gasteiger partial charge in [0.25, 0.3) is 0 Å². The molecule has 6 heteroatoms. The Kier molecular flexibility index (Phi) is 5.89. The van der Waals surface area contributed by atoms with Gasteiger partial charge in [-0.25, -0.2) is 4.98 Å². The second kappa shape index (κ2) is 8.52. The molecule has 28 heavy (non-hydrogen) atoms. The molecule has 0 saturated heterocycles. The maximum atomic E-state index is 11.1. The summed E-state index contributed by atoms with van der Waals surface area (Å²) in [4.78, 5) is 22.6. The average molecular weight is 375 g/mol. The van der Waals surface area contributed by atoms with Crippen LogP contribution < -0.4 is 15.5 Å². The minimum atomic E-state index is -0.0902. The highest BCUT2D eigenvalue weighted by atomic mass is 16.1. The highest BCUT2D eigenvalue weighted by Gasteiger charge is 2.12. The number of rotatable bonds is 6. The van der Waals surface area contributed by atoms with Crippen LogP contribution in [0.3, 0.4) is 0 Å². The third-order valence-electron chi connectivity index (χ3n) is 4.19. The first-order valence-electron chi connectivity index (χ1n) is 9.29. The lowest BCUT2D eigenvalue weighted by atomic mass is 10.2. The molecule has 6 nitrogen and oxygen atoms in total. The van der Waals surface area contributed by atoms with Crippen LogP contribution in [0.2, 0.25) is 0 Å². The van der Waals surface area contributed by atoms with Crippen LogP contribution in [0, 0.1) is 13.8 Å². The molecule has 3 aromatic rings. The highest BCUT2D eigenvalue weighted by Crippen LogP contribution is 2.25. The van der Waals surface area contributed by atoms with Gasteiger partial charge in [-0.05, 0) is 62.7 Å². The lowest BCUT2D eigenvalue weighted by Crippen LogP contribution is -2.19. The van der Waals surface area contributed by atoms with Crippen molar-refractivity contribution in [2.24, 2.45) is 0 Å². The van der Waals surface area contributed by atoms with Crippen LogP contribution in [-0.4, -0.2) is 22.4 Å². The maximum absolute atomic E-state index is 11.1. The monoisotopic (exact) mass is 375 g/mol. The topological polar surface area (TPSA) is 70.2 Å². The molecule has 0 aliphatic heterocycles. The number of aromatic nitrogens is 2. The summed E-state index contributed by atoms with van der Waals surface area (Å²) in [5, 5.41) is 6.08. The largest absolute Gasteiger partial charge is 0.340 e. The zero-order chi connectivity index (χ0) is 20.1. The Morgan fingerprint density at radius 1 is 1.00 bits per heavy atom. The van der Waals surface area contributed by atoms with E-state index in [0.717, 1.165) is 35.1 Å². The van der Waals surface area contributed by atoms with E-state index in [4.69, 9.17) is 4.98 Å². The van der Waals surface area contributed by atoms with Crippen LogP contribution >= 0.6 is 0 Å². The number of hydrogen-bond donors (Lipinski definition) is 2. The molecule has 1 aromatic heterocycles. The van der Waals surface area contributed by atoms with E-state index in [1.54, 1.807) is 0 Å². The highest BCUT2D eigenvalue weighted by molar-refractivity contribution is 5.88. The number of benzene rings is 2. The average Bonchev–Trinajstić information content (AvgIpc) is 2.63. The predicted octanol–water partition coefficient (Wildman–Crippen LogP) is 4.95. The van der Waals surface area contributed by atoms with E-state index in [0.29, 0.717) is 5.95 Å². The smallest absolute Gasteiger partial charge is 0.232 e. The zero-order valence-corrected chi connectivity index (χ0v) is 16.7. The van der Waals surface area contributed by atoms with Crippen molar-refractivity contribution in [1.82, 2.24) is 9.97 Å². The predicted molar refractivity (Wildman–Crippen MR) is 115 cm³/mol. The summed E-state index contributed by atoms with van der Waals surface area (Å²) in [5.41, 5.74) is 4.79. The van der Waals surface area contributed by atoms with Crippen molar-refractivity contribution in [2.45, 2.75) is 27.7 Å². The Morgan fingerprint density at radius 2 is 1.71 bits per heavy atom. The Morgan fingerprint density at radius 3 is 2.36 bits per heavy atom. The molecular weight excluding hydrogens is 350 g/mol. The van der Waals surface area contributed by atoms with E-state index >= 15 is 0 Å². The van der Waals surface area contributed by atoms with Gasteiger partial charge in [-0.2, -0.15) is 4.98 Å². The minimum absolute atomic E-state index is 0.0902. The summed E-state index contributed by atoms with van der Waals surface area (Å²) in [6.07, 6.45) is 0. The van der Waals surface area contributed by atoms with E-state index in [1.807, 2.05) is 43.3 Å². The minimum Gasteiger partial charge on any atom is -0.340 e. The fourth-order valence-corrected chi connectivity index (χ4v) is 2.96. The van der Waals surface area contributed by atoms with Crippen molar-refractivity contribution in [1.29, 1.82) is 0 Å². The third kappa shape index (κ3) is 4.85. The fourth-order valence-electron chi connectivity index (χ4n) is 2.96. The van der Waals surface area contributed by atoms with Gasteiger partial charge in [0.2, 0.25) is 11.9 Å². The molecule has 0 bridgehead atoms. The molecular formula is C22H25N5O. The maximum Gasteiger partial charge on any atom is 0.232 e. The summed E-state index contributed by atoms with van der Waals surface area (Å²) in [6.45, 7) is 8.37. The van der Waals surface area contributed by atoms with Crippen LogP contribution in [-0.2, 0) is 4.79 Å². The van der Waals surface area contributed by atoms with Gasteiger partial charge in [0.1, 0.15) is 5.82 Å². The standard InChI is InChI=1S/C22H25N5O/c1-5-27(20-8-6-7-15(2)13-20)22-23-16(3)14-21(26-22)25-19-11-9-18(10-12-19)24-17(4)28/h6-14H,5H2,1-4H3,(H,24,28)(H,23,25,26). The third-order valence-corrected chi connectivity index (χ3v) is 4.19. The van der Waals surface area contributed by atoms with Crippen molar-refractivity contribution >= 4 is 34.7 Å². The normalized spacial score (nSPS) is 10.4. The van der Waals surface area contributed by atoms with E-state index in [9.17, 15) is 4.79 Å². The molecule has 0 atom stereocenters. The molecule has 3 rings (SSSR count). The number of carbonyl (C=O) groups excluding carboxylic acids is 1. The Hall–Kier alpha value is -3.41. The van der Waals surface area contributed by atoms with Gasteiger partial charge in [-0.3, -0.25) is 4.79 Å². The summed E-state index contributed by atoms with van der Waals surface area (Å²) in [6, 6.07) is 17.7. The Balaban J connectivity index is 1.85. The van der Waals surface area contributed by atoms with Gasteiger partial charge in [-0.15, -0.1) is 0 Å². The van der Waals surface area contributed by atoms with Crippen molar-refractivity contribution < 1.29 is 4.79 Å². The first-order valence-corrected chi connectivity index (χ1v) is 9.29. The van der Waals surface area contributed by atoms with Crippen LogP contribution in [0.1, 0.15) is 25.1 Å². The number of nitrogens with one attached hydrogen (secondary N) is 2. The molecule has 0 unspecified atom stereocenters. The molecule has 0 aliphatic rings. The van der Waals surface area contributed by atoms with Gasteiger partial charge in [0.05, 0.1) is 0 Å². The van der Waals surface area contributed by atoms with Crippen molar-refractivity contribution in [2.75, 3.05) is 22.1 Å². The number of nitrogens with zero attached hydrogens (tertiary/aromatic N) is 3. The Labute approximate surface area is 165 Å². The summed E-state index contributed by atoms with van der Waals surface area (Å²) in [7, 11) is 0. The number of aryl methyl sites for hydroxylation is 2. The summed E-state index contributed by atoms with van der Waals surface area (Å²) < 4.78 is 0. The lowest BCUT2D eigenvalue weighted by Gasteiger charge is -2.22. The van der Waals surface area contributed by atoms with Gasteiger partial charge < -0.3 is 15.5 Å². The first kappa shape index (κ1) is 19.4. The molecule has 1 heterocycles. The van der Waals surface area contributed by atoms with E-state index < -0.39 is 0 Å². The van der Waals surface area contributed by atoms with Crippen molar-refractivity contribution in [3.63, 3.8) is 0 Å². The molecule has 0 radical (unpaired) electrons. The quantitative estimate of drug-likeness (QED) is 0.638. The molecule has 144 valence electrons. The van der Waals surface area contributed by atoms with Gasteiger partial charge in [0, 0.05) is 42.3 Å². The van der Waals surface area contributed by atoms with Crippen molar-refractivity contribution in [3.8, 4) is 0 Å². The second-order valence-electron chi connectivity index (χ2n) is 6.66. The lowest BCUT2D eigenvalue weighted by molar-refractivity contribution is -0.114. The molecule has 1 amide bonds. The Bertz CT molecular complexity index is 969. The van der Waals surface area contributed by atoms with Gasteiger partial charge in [-0.1, -0.05) is 12.1 Å². The van der Waals surface area contributed by atoms with Crippen molar-refractivity contribution in [3.05, 3.63) is 65.9 Å². The second-order valence-corrected chi connectivity index (χ2v) is 6.66. The molecule has 0 saturated carbocycles. The molecule has 0 spiro atoms. The van der Waals surface area contributed by atoms with Crippen LogP contribution in [0.25, 0.3) is 0 Å². The number of carbonyl (C=O) groups is 1. The van der Waals surface area contributed by atoms with Gasteiger partial charge >= 0.3 is 0 Å². The molecule has 2 aromatic carbocycles. The van der Waals surface area contributed by atoms with E-state index in [1.165, 1.54) is 12.5 Å². The number of anilines is 5. The summed E-state index contributed by atoms with van der Waals surface area (Å²) >= 11 is 0. The van der Waals surface area contributed by atoms with Gasteiger partial charge in [0.15, 0.2) is 0 Å². The summed E-state index contributed by atoms with van der Waals surface area (Å²) in [5.74, 6) is 1.29. The van der Waals surface area contributed by atoms with Crippen LogP contribution in [0.5, 0.6) is 0 Å². The van der Waals surface area contributed by atoms with Crippen LogP contribution in [0.15, 0.2) is 54.6 Å². The fraction of sp³-hybridized carbons (Fsp3) is 0.227. The molecule has 0 aliphatic carbocycles. The van der Waals surface area contributed by atoms with Crippen LogP contribution in [0.4, 0.5) is 28.8 Å². The molecule has 2 N–H and O–H groups in total.